The molecule has 2 heterocycles. The van der Waals surface area contributed by atoms with Crippen molar-refractivity contribution < 1.29 is 0 Å². The first kappa shape index (κ1) is 13.1. The van der Waals surface area contributed by atoms with Crippen LogP contribution in [0.15, 0.2) is 24.3 Å². The normalized spacial score (nSPS) is 25.8. The van der Waals surface area contributed by atoms with Gasteiger partial charge < -0.3 is 5.32 Å². The van der Waals surface area contributed by atoms with Crippen LogP contribution in [0.3, 0.4) is 0 Å². The summed E-state index contributed by atoms with van der Waals surface area (Å²) in [5.41, 5.74) is 2.83. The third-order valence-electron chi connectivity index (χ3n) is 4.89. The number of hydrogen-bond acceptors (Lipinski definition) is 2. The molecule has 0 spiro atoms. The van der Waals surface area contributed by atoms with Gasteiger partial charge in [0, 0.05) is 13.1 Å². The number of piperidine rings is 1. The first-order valence-electron chi connectivity index (χ1n) is 7.80. The van der Waals surface area contributed by atoms with Crippen molar-refractivity contribution in [2.24, 2.45) is 11.8 Å². The Hall–Kier alpha value is -0.860. The smallest absolute Gasteiger partial charge is 0.0233 e. The molecule has 104 valence electrons. The van der Waals surface area contributed by atoms with Gasteiger partial charge in [0.2, 0.25) is 0 Å². The maximum Gasteiger partial charge on any atom is 0.0233 e. The van der Waals surface area contributed by atoms with Gasteiger partial charge in [-0.25, -0.2) is 0 Å². The van der Waals surface area contributed by atoms with Gasteiger partial charge in [-0.15, -0.1) is 0 Å². The van der Waals surface area contributed by atoms with E-state index in [9.17, 15) is 0 Å². The molecule has 2 aliphatic heterocycles. The summed E-state index contributed by atoms with van der Waals surface area (Å²) in [6.45, 7) is 8.38. The summed E-state index contributed by atoms with van der Waals surface area (Å²) >= 11 is 0. The highest BCUT2D eigenvalue weighted by Crippen LogP contribution is 2.30. The highest BCUT2D eigenvalue weighted by Gasteiger charge is 2.29. The van der Waals surface area contributed by atoms with E-state index in [4.69, 9.17) is 0 Å². The van der Waals surface area contributed by atoms with E-state index in [-0.39, 0.29) is 0 Å². The summed E-state index contributed by atoms with van der Waals surface area (Å²) in [6.07, 6.45) is 4.20. The first-order chi connectivity index (χ1) is 9.31. The highest BCUT2D eigenvalue weighted by atomic mass is 15.1. The lowest BCUT2D eigenvalue weighted by molar-refractivity contribution is 0.242. The van der Waals surface area contributed by atoms with Crippen LogP contribution in [0.5, 0.6) is 0 Å². The fourth-order valence-electron chi connectivity index (χ4n) is 3.66. The topological polar surface area (TPSA) is 15.3 Å². The van der Waals surface area contributed by atoms with Crippen molar-refractivity contribution in [3.8, 4) is 0 Å². The lowest BCUT2D eigenvalue weighted by atomic mass is 9.84. The van der Waals surface area contributed by atoms with E-state index in [1.165, 1.54) is 56.6 Å². The molecule has 0 amide bonds. The third kappa shape index (κ3) is 3.37. The summed E-state index contributed by atoms with van der Waals surface area (Å²) in [5.74, 6) is 1.93. The van der Waals surface area contributed by atoms with E-state index in [1.807, 2.05) is 0 Å². The van der Waals surface area contributed by atoms with Crippen molar-refractivity contribution in [1.29, 1.82) is 0 Å². The lowest BCUT2D eigenvalue weighted by Crippen LogP contribution is -2.32. The summed E-state index contributed by atoms with van der Waals surface area (Å²) in [7, 11) is 0. The summed E-state index contributed by atoms with van der Waals surface area (Å²) in [4.78, 5) is 2.65. The molecule has 19 heavy (non-hydrogen) atoms. The number of hydrogen-bond donors (Lipinski definition) is 1. The van der Waals surface area contributed by atoms with Gasteiger partial charge in [-0.2, -0.15) is 0 Å². The molecule has 2 heteroatoms. The van der Waals surface area contributed by atoms with Crippen molar-refractivity contribution >= 4 is 0 Å². The van der Waals surface area contributed by atoms with Gasteiger partial charge in [-0.3, -0.25) is 4.90 Å². The van der Waals surface area contributed by atoms with E-state index in [0.29, 0.717) is 0 Å². The first-order valence-corrected chi connectivity index (χ1v) is 7.80. The van der Waals surface area contributed by atoms with Crippen LogP contribution in [0.1, 0.15) is 30.4 Å². The quantitative estimate of drug-likeness (QED) is 0.897. The van der Waals surface area contributed by atoms with E-state index in [1.54, 1.807) is 0 Å². The Morgan fingerprint density at radius 2 is 1.79 bits per heavy atom. The molecule has 0 saturated carbocycles. The Balaban J connectivity index is 1.52. The molecule has 0 aliphatic carbocycles. The number of likely N-dealkylation sites (tertiary alicyclic amines) is 1. The maximum absolute atomic E-state index is 3.48. The van der Waals surface area contributed by atoms with E-state index >= 15 is 0 Å². The molecule has 0 aromatic heterocycles. The molecule has 1 N–H and O–H groups in total. The fourth-order valence-corrected chi connectivity index (χ4v) is 3.66. The molecule has 1 aromatic rings. The van der Waals surface area contributed by atoms with Crippen molar-refractivity contribution in [3.05, 3.63) is 35.4 Å². The average Bonchev–Trinajstić information content (AvgIpc) is 2.91. The molecule has 0 radical (unpaired) electrons. The lowest BCUT2D eigenvalue weighted by Gasteiger charge is -2.28. The van der Waals surface area contributed by atoms with E-state index < -0.39 is 0 Å². The zero-order valence-corrected chi connectivity index (χ0v) is 12.1. The van der Waals surface area contributed by atoms with Crippen LogP contribution in [-0.2, 0) is 6.54 Å². The van der Waals surface area contributed by atoms with Gasteiger partial charge in [0.25, 0.3) is 0 Å². The second kappa shape index (κ2) is 6.06. The summed E-state index contributed by atoms with van der Waals surface area (Å²) in [6, 6.07) is 9.03. The van der Waals surface area contributed by atoms with Crippen molar-refractivity contribution in [2.45, 2.75) is 32.7 Å². The van der Waals surface area contributed by atoms with Crippen molar-refractivity contribution in [3.63, 3.8) is 0 Å². The van der Waals surface area contributed by atoms with E-state index in [0.717, 1.165) is 18.4 Å². The molecular formula is C17H26N2. The average molecular weight is 258 g/mol. The Morgan fingerprint density at radius 1 is 1.05 bits per heavy atom. The number of nitrogens with one attached hydrogen (secondary N) is 1. The van der Waals surface area contributed by atoms with Gasteiger partial charge in [0.05, 0.1) is 0 Å². The second-order valence-corrected chi connectivity index (χ2v) is 6.36. The molecule has 1 atom stereocenters. The number of rotatable bonds is 3. The molecule has 1 unspecified atom stereocenters. The van der Waals surface area contributed by atoms with Gasteiger partial charge in [-0.1, -0.05) is 29.8 Å². The Bertz CT molecular complexity index is 392. The Labute approximate surface area is 117 Å². The summed E-state index contributed by atoms with van der Waals surface area (Å²) < 4.78 is 0. The van der Waals surface area contributed by atoms with Crippen LogP contribution < -0.4 is 5.32 Å². The Morgan fingerprint density at radius 3 is 2.53 bits per heavy atom. The predicted molar refractivity (Wildman–Crippen MR) is 80.2 cm³/mol. The monoisotopic (exact) mass is 258 g/mol. The molecule has 2 saturated heterocycles. The molecule has 2 nitrogen and oxygen atoms in total. The minimum atomic E-state index is 0.951. The zero-order chi connectivity index (χ0) is 13.1. The number of nitrogens with zero attached hydrogens (tertiary/aromatic N) is 1. The second-order valence-electron chi connectivity index (χ2n) is 6.36. The Kier molecular flexibility index (Phi) is 4.19. The fraction of sp³-hybridized carbons (Fsp3) is 0.647. The van der Waals surface area contributed by atoms with E-state index in [2.05, 4.69) is 41.4 Å². The van der Waals surface area contributed by atoms with Crippen LogP contribution in [0.4, 0.5) is 0 Å². The van der Waals surface area contributed by atoms with Crippen molar-refractivity contribution in [1.82, 2.24) is 10.2 Å². The molecule has 2 fully saturated rings. The van der Waals surface area contributed by atoms with Gasteiger partial charge in [0.1, 0.15) is 0 Å². The maximum atomic E-state index is 3.48. The highest BCUT2D eigenvalue weighted by molar-refractivity contribution is 5.21. The van der Waals surface area contributed by atoms with Crippen LogP contribution in [0.25, 0.3) is 0 Å². The number of benzene rings is 1. The van der Waals surface area contributed by atoms with Crippen LogP contribution >= 0.6 is 0 Å². The van der Waals surface area contributed by atoms with Gasteiger partial charge >= 0.3 is 0 Å². The largest absolute Gasteiger partial charge is 0.317 e. The molecular weight excluding hydrogens is 232 g/mol. The van der Waals surface area contributed by atoms with Crippen LogP contribution in [0, 0.1) is 18.8 Å². The number of aryl methyl sites for hydroxylation is 1. The predicted octanol–water partition coefficient (Wildman–Crippen LogP) is 2.82. The zero-order valence-electron chi connectivity index (χ0n) is 12.1. The SMILES string of the molecule is Cc1ccc(CN2CCC(C3CCNCC3)C2)cc1. The minimum absolute atomic E-state index is 0.951. The third-order valence-corrected chi connectivity index (χ3v) is 4.89. The van der Waals surface area contributed by atoms with Gasteiger partial charge in [0.15, 0.2) is 0 Å². The summed E-state index contributed by atoms with van der Waals surface area (Å²) in [5, 5.41) is 3.48. The minimum Gasteiger partial charge on any atom is -0.317 e. The molecule has 0 bridgehead atoms. The van der Waals surface area contributed by atoms with Crippen LogP contribution in [0.2, 0.25) is 0 Å². The molecule has 3 rings (SSSR count). The molecule has 2 aliphatic rings. The van der Waals surface area contributed by atoms with Gasteiger partial charge in [-0.05, 0) is 63.2 Å². The molecule has 1 aromatic carbocycles. The van der Waals surface area contributed by atoms with Crippen molar-refractivity contribution in [2.75, 3.05) is 26.2 Å². The standard InChI is InChI=1S/C17H26N2/c1-14-2-4-15(5-3-14)12-19-11-8-17(13-19)16-6-9-18-10-7-16/h2-5,16-18H,6-13H2,1H3. The van der Waals surface area contributed by atoms with Crippen LogP contribution in [-0.4, -0.2) is 31.1 Å².